The van der Waals surface area contributed by atoms with Crippen molar-refractivity contribution in [1.29, 1.82) is 0 Å². The Morgan fingerprint density at radius 3 is 1.33 bits per heavy atom. The normalized spacial score (nSPS) is 11.5. The summed E-state index contributed by atoms with van der Waals surface area (Å²) in [5.41, 5.74) is 0. The molecule has 0 unspecified atom stereocenters. The maximum absolute atomic E-state index is 2.62. The van der Waals surface area contributed by atoms with Gasteiger partial charge in [-0.3, -0.25) is 0 Å². The molecule has 0 saturated heterocycles. The Balaban J connectivity index is 2.36. The van der Waals surface area contributed by atoms with Gasteiger partial charge in [-0.25, -0.2) is 9.13 Å². The van der Waals surface area contributed by atoms with Crippen LogP contribution in [0, 0.1) is 0 Å². The fourth-order valence-electron chi connectivity index (χ4n) is 5.62. The van der Waals surface area contributed by atoms with Gasteiger partial charge in [0.25, 0.3) is 5.82 Å². The molecule has 1 rings (SSSR count). The molecule has 0 aliphatic rings. The van der Waals surface area contributed by atoms with E-state index >= 15 is 0 Å². The van der Waals surface area contributed by atoms with E-state index in [2.05, 4.69) is 42.3 Å². The van der Waals surface area contributed by atoms with Gasteiger partial charge in [-0.05, 0) is 32.1 Å². The molecule has 0 spiro atoms. The van der Waals surface area contributed by atoms with Crippen molar-refractivity contribution in [2.45, 2.75) is 201 Å². The van der Waals surface area contributed by atoms with Crippen molar-refractivity contribution in [2.24, 2.45) is 0 Å². The summed E-state index contributed by atoms with van der Waals surface area (Å²) in [4.78, 5) is 0. The van der Waals surface area contributed by atoms with Crippen LogP contribution in [-0.2, 0) is 19.5 Å². The zero-order valence-corrected chi connectivity index (χ0v) is 25.3. The SMILES string of the molecule is CCCCCCCCCCCc1n(CCCCCCCCCC)cc[n+]1CCCCCCCCCC. The highest BCUT2D eigenvalue weighted by Gasteiger charge is 2.16. The number of hydrogen-bond acceptors (Lipinski definition) is 0. The zero-order valence-electron chi connectivity index (χ0n) is 25.3. The van der Waals surface area contributed by atoms with E-state index in [0.29, 0.717) is 0 Å². The lowest BCUT2D eigenvalue weighted by molar-refractivity contribution is -0.704. The third-order valence-electron chi connectivity index (χ3n) is 8.10. The van der Waals surface area contributed by atoms with Crippen molar-refractivity contribution in [1.82, 2.24) is 4.57 Å². The van der Waals surface area contributed by atoms with Gasteiger partial charge in [0, 0.05) is 6.42 Å². The molecule has 0 aliphatic heterocycles. The summed E-state index contributed by atoms with van der Waals surface area (Å²) in [6.07, 6.45) is 41.4. The Bertz CT molecular complexity index is 524. The molecule has 0 N–H and O–H groups in total. The number of rotatable bonds is 28. The van der Waals surface area contributed by atoms with Crippen molar-refractivity contribution >= 4 is 0 Å². The highest BCUT2D eigenvalue weighted by atomic mass is 15.1. The molecule has 36 heavy (non-hydrogen) atoms. The van der Waals surface area contributed by atoms with E-state index in [0.717, 1.165) is 0 Å². The minimum atomic E-state index is 1.23. The van der Waals surface area contributed by atoms with E-state index in [4.69, 9.17) is 0 Å². The molecule has 0 atom stereocenters. The van der Waals surface area contributed by atoms with Crippen molar-refractivity contribution in [3.05, 3.63) is 18.2 Å². The van der Waals surface area contributed by atoms with Crippen LogP contribution in [-0.4, -0.2) is 4.57 Å². The topological polar surface area (TPSA) is 8.81 Å². The predicted octanol–water partition coefficient (Wildman–Crippen LogP) is 11.1. The Morgan fingerprint density at radius 2 is 0.861 bits per heavy atom. The minimum absolute atomic E-state index is 1.23. The molecular weight excluding hydrogens is 436 g/mol. The first-order valence-corrected chi connectivity index (χ1v) is 16.9. The Morgan fingerprint density at radius 1 is 0.472 bits per heavy atom. The fourth-order valence-corrected chi connectivity index (χ4v) is 5.62. The lowest BCUT2D eigenvalue weighted by Crippen LogP contribution is -2.37. The Kier molecular flexibility index (Phi) is 23.9. The van der Waals surface area contributed by atoms with Crippen molar-refractivity contribution in [2.75, 3.05) is 0 Å². The highest BCUT2D eigenvalue weighted by molar-refractivity contribution is 4.84. The second-order valence-electron chi connectivity index (χ2n) is 11.6. The molecule has 1 aromatic rings. The second kappa shape index (κ2) is 25.8. The number of hydrogen-bond donors (Lipinski definition) is 0. The third kappa shape index (κ3) is 18.5. The summed E-state index contributed by atoms with van der Waals surface area (Å²) in [6, 6.07) is 0. The molecule has 1 aromatic heterocycles. The molecule has 1 heterocycles. The van der Waals surface area contributed by atoms with Crippen LogP contribution in [0.15, 0.2) is 12.4 Å². The molecule has 2 nitrogen and oxygen atoms in total. The first-order valence-electron chi connectivity index (χ1n) is 16.9. The summed E-state index contributed by atoms with van der Waals surface area (Å²) < 4.78 is 5.24. The van der Waals surface area contributed by atoms with Gasteiger partial charge < -0.3 is 0 Å². The van der Waals surface area contributed by atoms with E-state index in [9.17, 15) is 0 Å². The van der Waals surface area contributed by atoms with E-state index in [-0.39, 0.29) is 0 Å². The van der Waals surface area contributed by atoms with Gasteiger partial charge in [0.15, 0.2) is 0 Å². The lowest BCUT2D eigenvalue weighted by atomic mass is 10.1. The molecule has 0 radical (unpaired) electrons. The van der Waals surface area contributed by atoms with E-state index in [1.54, 1.807) is 5.82 Å². The largest absolute Gasteiger partial charge is 0.256 e. The van der Waals surface area contributed by atoms with Gasteiger partial charge in [0.1, 0.15) is 12.4 Å². The van der Waals surface area contributed by atoms with E-state index in [1.165, 1.54) is 180 Å². The Hall–Kier alpha value is -0.790. The Labute approximate surface area is 228 Å². The summed E-state index contributed by atoms with van der Waals surface area (Å²) in [7, 11) is 0. The summed E-state index contributed by atoms with van der Waals surface area (Å²) in [5.74, 6) is 1.61. The summed E-state index contributed by atoms with van der Waals surface area (Å²) in [5, 5.41) is 0. The number of aryl methyl sites for hydroxylation is 2. The summed E-state index contributed by atoms with van der Waals surface area (Å²) >= 11 is 0. The first kappa shape index (κ1) is 33.2. The van der Waals surface area contributed by atoms with E-state index in [1.807, 2.05) is 0 Å². The molecule has 0 amide bonds. The lowest BCUT2D eigenvalue weighted by Gasteiger charge is -2.07. The number of unbranched alkanes of at least 4 members (excludes halogenated alkanes) is 22. The van der Waals surface area contributed by atoms with Gasteiger partial charge in [0.2, 0.25) is 0 Å². The number of imidazole rings is 1. The van der Waals surface area contributed by atoms with E-state index < -0.39 is 0 Å². The molecule has 0 aromatic carbocycles. The van der Waals surface area contributed by atoms with Crippen LogP contribution in [0.3, 0.4) is 0 Å². The van der Waals surface area contributed by atoms with Crippen LogP contribution in [0.2, 0.25) is 0 Å². The van der Waals surface area contributed by atoms with Crippen LogP contribution < -0.4 is 4.57 Å². The van der Waals surface area contributed by atoms with Crippen molar-refractivity contribution < 1.29 is 4.57 Å². The quantitative estimate of drug-likeness (QED) is 0.0794. The average Bonchev–Trinajstić information content (AvgIpc) is 3.27. The monoisotopic (exact) mass is 504 g/mol. The predicted molar refractivity (Wildman–Crippen MR) is 161 cm³/mol. The van der Waals surface area contributed by atoms with Gasteiger partial charge in [-0.15, -0.1) is 0 Å². The van der Waals surface area contributed by atoms with Crippen LogP contribution in [0.4, 0.5) is 0 Å². The van der Waals surface area contributed by atoms with Crippen LogP contribution in [0.25, 0.3) is 0 Å². The fraction of sp³-hybridized carbons (Fsp3) is 0.912. The summed E-state index contributed by atoms with van der Waals surface area (Å²) in [6.45, 7) is 9.39. The highest BCUT2D eigenvalue weighted by Crippen LogP contribution is 2.14. The van der Waals surface area contributed by atoms with Gasteiger partial charge in [0.05, 0.1) is 13.1 Å². The number of aromatic nitrogens is 2. The molecule has 2 heteroatoms. The average molecular weight is 504 g/mol. The van der Waals surface area contributed by atoms with Crippen LogP contribution >= 0.6 is 0 Å². The molecular formula is C34H67N2+. The standard InChI is InChI=1S/C34H67N2/c1-4-7-10-13-16-19-20-23-26-29-34-35(30-27-24-21-17-14-11-8-5-2)32-33-36(34)31-28-25-22-18-15-12-9-6-3/h32-33H,4-31H2,1-3H3/q+1. The van der Waals surface area contributed by atoms with Crippen molar-refractivity contribution in [3.8, 4) is 0 Å². The smallest absolute Gasteiger partial charge is 0.234 e. The maximum Gasteiger partial charge on any atom is 0.256 e. The molecule has 0 aliphatic carbocycles. The number of nitrogens with zero attached hydrogens (tertiary/aromatic N) is 2. The van der Waals surface area contributed by atoms with Gasteiger partial charge in [-0.2, -0.15) is 0 Å². The van der Waals surface area contributed by atoms with Crippen LogP contribution in [0.5, 0.6) is 0 Å². The van der Waals surface area contributed by atoms with Crippen molar-refractivity contribution in [3.63, 3.8) is 0 Å². The van der Waals surface area contributed by atoms with Gasteiger partial charge in [-0.1, -0.05) is 149 Å². The third-order valence-corrected chi connectivity index (χ3v) is 8.10. The molecule has 0 fully saturated rings. The molecule has 0 saturated carbocycles. The molecule has 0 bridgehead atoms. The zero-order chi connectivity index (χ0) is 25.9. The maximum atomic E-state index is 2.62. The van der Waals surface area contributed by atoms with Gasteiger partial charge >= 0.3 is 0 Å². The second-order valence-corrected chi connectivity index (χ2v) is 11.6. The van der Waals surface area contributed by atoms with Crippen LogP contribution in [0.1, 0.15) is 187 Å². The first-order chi connectivity index (χ1) is 17.8. The molecule has 212 valence electrons. The minimum Gasteiger partial charge on any atom is -0.234 e.